The number of hydrogen-bond donors (Lipinski definition) is 3. The van der Waals surface area contributed by atoms with Crippen LogP contribution in [0.2, 0.25) is 0 Å². The van der Waals surface area contributed by atoms with Gasteiger partial charge >= 0.3 is 0 Å². The third kappa shape index (κ3) is 5.37. The largest absolute Gasteiger partial charge is 0.332 e. The Morgan fingerprint density at radius 3 is 2.11 bits per heavy atom. The van der Waals surface area contributed by atoms with Crippen molar-refractivity contribution in [2.24, 2.45) is 0 Å². The fraction of sp³-hybridized carbons (Fsp3) is 0. The molecule has 0 unspecified atom stereocenters. The maximum absolute atomic E-state index is 12.3. The van der Waals surface area contributed by atoms with Crippen LogP contribution in [0.4, 0.5) is 11.4 Å². The molecular weight excluding hydrogens is 485 g/mol. The minimum atomic E-state index is -0.281. The van der Waals surface area contributed by atoms with E-state index in [9.17, 15) is 9.59 Å². The van der Waals surface area contributed by atoms with Gasteiger partial charge in [-0.3, -0.25) is 14.9 Å². The molecule has 2 amide bonds. The Labute approximate surface area is 181 Å². The molecule has 0 radical (unpaired) electrons. The Bertz CT molecular complexity index is 1020. The van der Waals surface area contributed by atoms with Crippen molar-refractivity contribution in [2.45, 2.75) is 0 Å². The SMILES string of the molecule is O=C(Nc1cccc(NC(=S)NC(=O)c2ccccc2I)c1)c1ccccc1. The number of rotatable bonds is 4. The molecule has 3 N–H and O–H groups in total. The zero-order valence-electron chi connectivity index (χ0n) is 14.6. The van der Waals surface area contributed by atoms with Crippen molar-refractivity contribution >= 4 is 63.1 Å². The lowest BCUT2D eigenvalue weighted by Gasteiger charge is -2.12. The van der Waals surface area contributed by atoms with Crippen molar-refractivity contribution in [3.8, 4) is 0 Å². The minimum absolute atomic E-state index is 0.177. The highest BCUT2D eigenvalue weighted by molar-refractivity contribution is 14.1. The Hall–Kier alpha value is -2.78. The molecule has 0 aliphatic carbocycles. The van der Waals surface area contributed by atoms with Gasteiger partial charge in [-0.2, -0.15) is 0 Å². The van der Waals surface area contributed by atoms with Crippen LogP contribution in [0.1, 0.15) is 20.7 Å². The molecule has 3 aromatic carbocycles. The number of thiocarbonyl (C=S) groups is 1. The van der Waals surface area contributed by atoms with Crippen molar-refractivity contribution in [1.82, 2.24) is 5.32 Å². The van der Waals surface area contributed by atoms with Gasteiger partial charge in [0.25, 0.3) is 11.8 Å². The Balaban J connectivity index is 1.62. The van der Waals surface area contributed by atoms with Gasteiger partial charge in [0.05, 0.1) is 5.56 Å². The average molecular weight is 501 g/mol. The fourth-order valence-corrected chi connectivity index (χ4v) is 3.29. The van der Waals surface area contributed by atoms with Crippen LogP contribution >= 0.6 is 34.8 Å². The molecule has 0 fully saturated rings. The summed E-state index contributed by atoms with van der Waals surface area (Å²) in [6, 6.07) is 23.3. The van der Waals surface area contributed by atoms with Gasteiger partial charge in [-0.1, -0.05) is 36.4 Å². The first kappa shape index (κ1) is 20.0. The highest BCUT2D eigenvalue weighted by atomic mass is 127. The van der Waals surface area contributed by atoms with E-state index < -0.39 is 0 Å². The quantitative estimate of drug-likeness (QED) is 0.359. The van der Waals surface area contributed by atoms with Crippen LogP contribution in [-0.4, -0.2) is 16.9 Å². The number of halogens is 1. The number of nitrogens with one attached hydrogen (secondary N) is 3. The predicted molar refractivity (Wildman–Crippen MR) is 124 cm³/mol. The molecule has 0 atom stereocenters. The second-order valence-corrected chi connectivity index (χ2v) is 7.36. The summed E-state index contributed by atoms with van der Waals surface area (Å²) in [5, 5.41) is 8.63. The van der Waals surface area contributed by atoms with Gasteiger partial charge in [0.1, 0.15) is 0 Å². The summed E-state index contributed by atoms with van der Waals surface area (Å²) in [4.78, 5) is 24.6. The first-order valence-corrected chi connectivity index (χ1v) is 9.85. The first-order valence-electron chi connectivity index (χ1n) is 8.36. The molecule has 0 heterocycles. The van der Waals surface area contributed by atoms with Crippen LogP contribution in [0.15, 0.2) is 78.9 Å². The van der Waals surface area contributed by atoms with Gasteiger partial charge < -0.3 is 10.6 Å². The van der Waals surface area contributed by atoms with E-state index in [-0.39, 0.29) is 16.9 Å². The molecule has 0 aliphatic rings. The highest BCUT2D eigenvalue weighted by Gasteiger charge is 2.11. The Morgan fingerprint density at radius 2 is 1.39 bits per heavy atom. The molecule has 3 aromatic rings. The van der Waals surface area contributed by atoms with Gasteiger partial charge in [-0.15, -0.1) is 0 Å². The van der Waals surface area contributed by atoms with Crippen molar-refractivity contribution in [3.63, 3.8) is 0 Å². The molecule has 0 bridgehead atoms. The number of anilines is 2. The van der Waals surface area contributed by atoms with Crippen LogP contribution in [0.5, 0.6) is 0 Å². The topological polar surface area (TPSA) is 70.2 Å². The molecule has 3 rings (SSSR count). The van der Waals surface area contributed by atoms with Crippen LogP contribution < -0.4 is 16.0 Å². The van der Waals surface area contributed by atoms with Crippen LogP contribution in [0.25, 0.3) is 0 Å². The molecule has 5 nitrogen and oxygen atoms in total. The molecule has 0 saturated carbocycles. The normalized spacial score (nSPS) is 10.0. The lowest BCUT2D eigenvalue weighted by Crippen LogP contribution is -2.34. The van der Waals surface area contributed by atoms with E-state index in [1.165, 1.54) is 0 Å². The second kappa shape index (κ2) is 9.43. The van der Waals surface area contributed by atoms with Crippen molar-refractivity contribution in [2.75, 3.05) is 10.6 Å². The van der Waals surface area contributed by atoms with Crippen LogP contribution in [0.3, 0.4) is 0 Å². The zero-order chi connectivity index (χ0) is 19.9. The summed E-state index contributed by atoms with van der Waals surface area (Å²) in [5.41, 5.74) is 2.39. The van der Waals surface area contributed by atoms with Crippen LogP contribution in [-0.2, 0) is 0 Å². The third-order valence-electron chi connectivity index (χ3n) is 3.76. The van der Waals surface area contributed by atoms with Gasteiger partial charge in [0.2, 0.25) is 0 Å². The summed E-state index contributed by atoms with van der Waals surface area (Å²) in [7, 11) is 0. The molecule has 7 heteroatoms. The molecule has 140 valence electrons. The van der Waals surface area contributed by atoms with E-state index in [4.69, 9.17) is 12.2 Å². The van der Waals surface area contributed by atoms with E-state index in [1.807, 2.05) is 30.3 Å². The van der Waals surface area contributed by atoms with Gasteiger partial charge in [0.15, 0.2) is 5.11 Å². The van der Waals surface area contributed by atoms with Crippen LogP contribution in [0, 0.1) is 3.57 Å². The Morgan fingerprint density at radius 1 is 0.750 bits per heavy atom. The standard InChI is InChI=1S/C21H16IN3O2S/c22-18-12-5-4-11-17(18)20(27)25-21(28)24-16-10-6-9-15(13-16)23-19(26)14-7-2-1-3-8-14/h1-13H,(H,23,26)(H2,24,25,27,28). The summed E-state index contributed by atoms with van der Waals surface area (Å²) in [5.74, 6) is -0.483. The van der Waals surface area contributed by atoms with E-state index in [0.717, 1.165) is 3.57 Å². The molecule has 0 spiro atoms. The maximum Gasteiger partial charge on any atom is 0.258 e. The summed E-state index contributed by atoms with van der Waals surface area (Å²) in [6.07, 6.45) is 0. The molecule has 0 aliphatic heterocycles. The number of hydrogen-bond acceptors (Lipinski definition) is 3. The number of amides is 2. The third-order valence-corrected chi connectivity index (χ3v) is 4.90. The number of carbonyl (C=O) groups is 2. The minimum Gasteiger partial charge on any atom is -0.332 e. The van der Waals surface area contributed by atoms with Gasteiger partial charge in [0, 0.05) is 20.5 Å². The highest BCUT2D eigenvalue weighted by Crippen LogP contribution is 2.16. The maximum atomic E-state index is 12.3. The van der Waals surface area contributed by atoms with Crippen molar-refractivity contribution in [1.29, 1.82) is 0 Å². The predicted octanol–water partition coefficient (Wildman–Crippen LogP) is 4.67. The van der Waals surface area contributed by atoms with Gasteiger partial charge in [-0.05, 0) is 77.3 Å². The lowest BCUT2D eigenvalue weighted by molar-refractivity contribution is 0.0975. The van der Waals surface area contributed by atoms with E-state index in [1.54, 1.807) is 48.5 Å². The molecule has 0 aromatic heterocycles. The van der Waals surface area contributed by atoms with Gasteiger partial charge in [-0.25, -0.2) is 0 Å². The lowest BCUT2D eigenvalue weighted by atomic mass is 10.2. The number of benzene rings is 3. The smallest absolute Gasteiger partial charge is 0.258 e. The summed E-state index contributed by atoms with van der Waals surface area (Å²) in [6.45, 7) is 0. The second-order valence-electron chi connectivity index (χ2n) is 5.79. The molecular formula is C21H16IN3O2S. The van der Waals surface area contributed by atoms with E-state index in [2.05, 4.69) is 38.5 Å². The van der Waals surface area contributed by atoms with Crippen molar-refractivity contribution < 1.29 is 9.59 Å². The summed E-state index contributed by atoms with van der Waals surface area (Å²) >= 11 is 7.33. The molecule has 28 heavy (non-hydrogen) atoms. The van der Waals surface area contributed by atoms with E-state index >= 15 is 0 Å². The first-order chi connectivity index (χ1) is 13.5. The average Bonchev–Trinajstić information content (AvgIpc) is 2.69. The zero-order valence-corrected chi connectivity index (χ0v) is 17.6. The monoisotopic (exact) mass is 501 g/mol. The Kier molecular flexibility index (Phi) is 6.72. The number of carbonyl (C=O) groups excluding carboxylic acids is 2. The summed E-state index contributed by atoms with van der Waals surface area (Å²) < 4.78 is 0.839. The molecule has 0 saturated heterocycles. The van der Waals surface area contributed by atoms with Crippen molar-refractivity contribution in [3.05, 3.63) is 93.6 Å². The fourth-order valence-electron chi connectivity index (χ4n) is 2.45. The van der Waals surface area contributed by atoms with E-state index in [0.29, 0.717) is 22.5 Å².